The summed E-state index contributed by atoms with van der Waals surface area (Å²) in [5, 5.41) is 12.0. The predicted octanol–water partition coefficient (Wildman–Crippen LogP) is 2.60. The molecule has 0 saturated heterocycles. The maximum absolute atomic E-state index is 12.2. The third-order valence-electron chi connectivity index (χ3n) is 2.82. The topological polar surface area (TPSA) is 92.2 Å². The van der Waals surface area contributed by atoms with E-state index in [1.807, 2.05) is 6.92 Å². The SMILES string of the molecule is Cc1cc(SC(C)C(=O)Nc2cccc(C(=O)O)c2)ncn1. The van der Waals surface area contributed by atoms with Crippen LogP contribution in [0.5, 0.6) is 0 Å². The van der Waals surface area contributed by atoms with Gasteiger partial charge >= 0.3 is 5.97 Å². The van der Waals surface area contributed by atoms with Gasteiger partial charge in [-0.15, -0.1) is 0 Å². The molecule has 2 aromatic rings. The molecule has 0 aliphatic rings. The van der Waals surface area contributed by atoms with Crippen molar-refractivity contribution in [3.05, 3.63) is 47.9 Å². The zero-order valence-corrected chi connectivity index (χ0v) is 12.9. The van der Waals surface area contributed by atoms with Gasteiger partial charge in [0.2, 0.25) is 5.91 Å². The van der Waals surface area contributed by atoms with Gasteiger partial charge in [-0.3, -0.25) is 4.79 Å². The number of aromatic nitrogens is 2. The molecule has 0 aliphatic heterocycles. The number of rotatable bonds is 5. The van der Waals surface area contributed by atoms with Gasteiger partial charge in [0, 0.05) is 11.4 Å². The van der Waals surface area contributed by atoms with Crippen molar-refractivity contribution in [3.8, 4) is 0 Å². The number of thioether (sulfide) groups is 1. The summed E-state index contributed by atoms with van der Waals surface area (Å²) >= 11 is 1.32. The van der Waals surface area contributed by atoms with Gasteiger partial charge in [-0.2, -0.15) is 0 Å². The van der Waals surface area contributed by atoms with Crippen LogP contribution in [0.25, 0.3) is 0 Å². The van der Waals surface area contributed by atoms with Crippen molar-refractivity contribution in [1.29, 1.82) is 0 Å². The van der Waals surface area contributed by atoms with E-state index < -0.39 is 5.97 Å². The molecule has 0 radical (unpaired) electrons. The maximum Gasteiger partial charge on any atom is 0.335 e. The van der Waals surface area contributed by atoms with Crippen molar-refractivity contribution >= 4 is 29.3 Å². The molecule has 2 N–H and O–H groups in total. The molecular formula is C15H15N3O3S. The fourth-order valence-electron chi connectivity index (χ4n) is 1.70. The quantitative estimate of drug-likeness (QED) is 0.650. The van der Waals surface area contributed by atoms with Gasteiger partial charge in [0.15, 0.2) is 0 Å². The maximum atomic E-state index is 12.2. The second-order valence-corrected chi connectivity index (χ2v) is 5.99. The summed E-state index contributed by atoms with van der Waals surface area (Å²) in [4.78, 5) is 31.2. The van der Waals surface area contributed by atoms with E-state index in [9.17, 15) is 9.59 Å². The summed E-state index contributed by atoms with van der Waals surface area (Å²) in [6.07, 6.45) is 1.46. The number of carbonyl (C=O) groups excluding carboxylic acids is 1. The van der Waals surface area contributed by atoms with E-state index in [0.717, 1.165) is 10.7 Å². The van der Waals surface area contributed by atoms with Crippen molar-refractivity contribution in [1.82, 2.24) is 9.97 Å². The van der Waals surface area contributed by atoms with Crippen LogP contribution >= 0.6 is 11.8 Å². The van der Waals surface area contributed by atoms with E-state index in [2.05, 4.69) is 15.3 Å². The number of nitrogens with zero attached hydrogens (tertiary/aromatic N) is 2. The van der Waals surface area contributed by atoms with Crippen molar-refractivity contribution in [2.75, 3.05) is 5.32 Å². The summed E-state index contributed by atoms with van der Waals surface area (Å²) in [6, 6.07) is 7.94. The van der Waals surface area contributed by atoms with Crippen LogP contribution in [0.2, 0.25) is 0 Å². The van der Waals surface area contributed by atoms with E-state index >= 15 is 0 Å². The minimum atomic E-state index is -1.03. The highest BCUT2D eigenvalue weighted by Gasteiger charge is 2.16. The average molecular weight is 317 g/mol. The Bertz CT molecular complexity index is 706. The van der Waals surface area contributed by atoms with Crippen LogP contribution in [-0.4, -0.2) is 32.2 Å². The predicted molar refractivity (Wildman–Crippen MR) is 84.1 cm³/mol. The Kier molecular flexibility index (Phi) is 5.11. The lowest BCUT2D eigenvalue weighted by Gasteiger charge is -2.12. The van der Waals surface area contributed by atoms with E-state index in [-0.39, 0.29) is 16.7 Å². The highest BCUT2D eigenvalue weighted by Crippen LogP contribution is 2.22. The number of aryl methyl sites for hydroxylation is 1. The smallest absolute Gasteiger partial charge is 0.335 e. The summed E-state index contributed by atoms with van der Waals surface area (Å²) < 4.78 is 0. The molecule has 114 valence electrons. The monoisotopic (exact) mass is 317 g/mol. The van der Waals surface area contributed by atoms with Crippen molar-refractivity contribution in [3.63, 3.8) is 0 Å². The molecule has 1 aromatic heterocycles. The number of hydrogen-bond acceptors (Lipinski definition) is 5. The van der Waals surface area contributed by atoms with E-state index in [0.29, 0.717) is 5.69 Å². The van der Waals surface area contributed by atoms with Crippen LogP contribution in [0.4, 0.5) is 5.69 Å². The van der Waals surface area contributed by atoms with Gasteiger partial charge in [-0.05, 0) is 38.1 Å². The van der Waals surface area contributed by atoms with Crippen molar-refractivity contribution in [2.45, 2.75) is 24.1 Å². The number of carbonyl (C=O) groups is 2. The number of benzene rings is 1. The number of carboxylic acids is 1. The molecule has 2 rings (SSSR count). The first-order valence-corrected chi connectivity index (χ1v) is 7.43. The van der Waals surface area contributed by atoms with Gasteiger partial charge in [0.25, 0.3) is 0 Å². The minimum absolute atomic E-state index is 0.129. The van der Waals surface area contributed by atoms with Gasteiger partial charge < -0.3 is 10.4 Å². The Morgan fingerprint density at radius 3 is 2.73 bits per heavy atom. The van der Waals surface area contributed by atoms with Gasteiger partial charge in [0.1, 0.15) is 11.4 Å². The number of nitrogens with one attached hydrogen (secondary N) is 1. The number of hydrogen-bond donors (Lipinski definition) is 2. The fraction of sp³-hybridized carbons (Fsp3) is 0.200. The number of carboxylic acid groups (broad SMARTS) is 1. The first-order valence-electron chi connectivity index (χ1n) is 6.55. The lowest BCUT2D eigenvalue weighted by molar-refractivity contribution is -0.115. The molecular weight excluding hydrogens is 302 g/mol. The molecule has 1 amide bonds. The standard InChI is InChI=1S/C15H15N3O3S/c1-9-6-13(17-8-16-9)22-10(2)14(19)18-12-5-3-4-11(7-12)15(20)21/h3-8,10H,1-2H3,(H,18,19)(H,20,21). The van der Waals surface area contributed by atoms with Gasteiger partial charge in [-0.25, -0.2) is 14.8 Å². The van der Waals surface area contributed by atoms with Crippen molar-refractivity contribution < 1.29 is 14.7 Å². The molecule has 7 heteroatoms. The van der Waals surface area contributed by atoms with Crippen LogP contribution in [0, 0.1) is 6.92 Å². The molecule has 0 aliphatic carbocycles. The lowest BCUT2D eigenvalue weighted by Crippen LogP contribution is -2.22. The van der Waals surface area contributed by atoms with Crippen molar-refractivity contribution in [2.24, 2.45) is 0 Å². The molecule has 1 unspecified atom stereocenters. The van der Waals surface area contributed by atoms with Gasteiger partial charge in [0.05, 0.1) is 10.8 Å². The van der Waals surface area contributed by atoms with Crippen LogP contribution in [-0.2, 0) is 4.79 Å². The molecule has 1 heterocycles. The third-order valence-corrected chi connectivity index (χ3v) is 3.85. The molecule has 0 spiro atoms. The second-order valence-electron chi connectivity index (χ2n) is 4.63. The molecule has 1 atom stereocenters. The Hall–Kier alpha value is -2.41. The Morgan fingerprint density at radius 2 is 2.05 bits per heavy atom. The molecule has 6 nitrogen and oxygen atoms in total. The van der Waals surface area contributed by atoms with Crippen LogP contribution in [0.1, 0.15) is 23.0 Å². The normalized spacial score (nSPS) is 11.7. The van der Waals surface area contributed by atoms with E-state index in [1.54, 1.807) is 25.1 Å². The molecule has 0 fully saturated rings. The minimum Gasteiger partial charge on any atom is -0.478 e. The molecule has 0 saturated carbocycles. The first kappa shape index (κ1) is 16.0. The number of anilines is 1. The third kappa shape index (κ3) is 4.29. The van der Waals surface area contributed by atoms with Crippen LogP contribution < -0.4 is 5.32 Å². The molecule has 1 aromatic carbocycles. The Balaban J connectivity index is 2.02. The lowest BCUT2D eigenvalue weighted by atomic mass is 10.2. The number of aromatic carboxylic acids is 1. The summed E-state index contributed by atoms with van der Waals surface area (Å²) in [6.45, 7) is 3.62. The first-order chi connectivity index (χ1) is 10.5. The number of amides is 1. The van der Waals surface area contributed by atoms with Crippen LogP contribution in [0.3, 0.4) is 0 Å². The summed E-state index contributed by atoms with van der Waals surface area (Å²) in [5.41, 5.74) is 1.42. The summed E-state index contributed by atoms with van der Waals surface area (Å²) in [7, 11) is 0. The average Bonchev–Trinajstić information content (AvgIpc) is 2.47. The van der Waals surface area contributed by atoms with Crippen LogP contribution in [0.15, 0.2) is 41.7 Å². The largest absolute Gasteiger partial charge is 0.478 e. The zero-order chi connectivity index (χ0) is 16.1. The highest BCUT2D eigenvalue weighted by atomic mass is 32.2. The molecule has 0 bridgehead atoms. The van der Waals surface area contributed by atoms with E-state index in [4.69, 9.17) is 5.11 Å². The fourth-order valence-corrected chi connectivity index (χ4v) is 2.58. The van der Waals surface area contributed by atoms with Gasteiger partial charge in [-0.1, -0.05) is 17.8 Å². The Labute approximate surface area is 132 Å². The second kappa shape index (κ2) is 7.04. The highest BCUT2D eigenvalue weighted by molar-refractivity contribution is 8.00. The Morgan fingerprint density at radius 1 is 1.27 bits per heavy atom. The van der Waals surface area contributed by atoms with E-state index in [1.165, 1.54) is 30.2 Å². The molecule has 22 heavy (non-hydrogen) atoms. The zero-order valence-electron chi connectivity index (χ0n) is 12.1. The summed E-state index contributed by atoms with van der Waals surface area (Å²) in [5.74, 6) is -1.25.